The lowest BCUT2D eigenvalue weighted by atomic mass is 9.94. The highest BCUT2D eigenvalue weighted by atomic mass is 32.2. The van der Waals surface area contributed by atoms with E-state index in [0.717, 1.165) is 37.8 Å². The Morgan fingerprint density at radius 1 is 1.03 bits per heavy atom. The number of amides is 1. The van der Waals surface area contributed by atoms with E-state index in [2.05, 4.69) is 44.3 Å². The molecule has 1 aromatic rings. The highest BCUT2D eigenvalue weighted by Crippen LogP contribution is 2.33. The minimum atomic E-state index is 0.147. The minimum Gasteiger partial charge on any atom is -0.360 e. The summed E-state index contributed by atoms with van der Waals surface area (Å²) in [5.41, 5.74) is 1.20. The number of hydrogen-bond acceptors (Lipinski definition) is 5. The maximum atomic E-state index is 12.4. The van der Waals surface area contributed by atoms with Crippen LogP contribution in [0.3, 0.4) is 0 Å². The van der Waals surface area contributed by atoms with E-state index in [1.54, 1.807) is 0 Å². The number of carbonyl (C=O) groups is 1. The Balaban J connectivity index is 1.11. The molecule has 1 amide bonds. The van der Waals surface area contributed by atoms with Crippen LogP contribution in [-0.2, 0) is 4.79 Å². The summed E-state index contributed by atoms with van der Waals surface area (Å²) in [6.45, 7) is 8.12. The van der Waals surface area contributed by atoms with E-state index in [-0.39, 0.29) is 5.91 Å². The van der Waals surface area contributed by atoms with Crippen LogP contribution in [0.15, 0.2) is 29.2 Å². The third-order valence-electron chi connectivity index (χ3n) is 6.63. The average Bonchev–Trinajstić information content (AvgIpc) is 2.78. The summed E-state index contributed by atoms with van der Waals surface area (Å²) in [6.07, 6.45) is 8.14. The van der Waals surface area contributed by atoms with E-state index in [9.17, 15) is 4.79 Å². The summed E-state index contributed by atoms with van der Waals surface area (Å²) in [4.78, 5) is 21.2. The number of nitrogens with one attached hydrogen (secondary N) is 1. The zero-order valence-electron chi connectivity index (χ0n) is 17.7. The molecule has 160 valence electrons. The molecular formula is C23H36N4OS. The van der Waals surface area contributed by atoms with Crippen molar-refractivity contribution in [1.29, 1.82) is 0 Å². The van der Waals surface area contributed by atoms with Crippen molar-refractivity contribution in [2.24, 2.45) is 0 Å². The normalized spacial score (nSPS) is 21.7. The van der Waals surface area contributed by atoms with Gasteiger partial charge < -0.3 is 15.1 Å². The first-order valence-electron chi connectivity index (χ1n) is 11.5. The van der Waals surface area contributed by atoms with Crippen molar-refractivity contribution >= 4 is 23.4 Å². The average molecular weight is 417 g/mol. The van der Waals surface area contributed by atoms with E-state index in [1.807, 2.05) is 11.8 Å². The predicted molar refractivity (Wildman–Crippen MR) is 122 cm³/mol. The van der Waals surface area contributed by atoms with Crippen LogP contribution in [0.25, 0.3) is 0 Å². The number of fused-ring (bicyclic) bond motifs is 1. The monoisotopic (exact) mass is 416 g/mol. The van der Waals surface area contributed by atoms with Crippen LogP contribution < -0.4 is 10.2 Å². The number of para-hydroxylation sites is 1. The molecular weight excluding hydrogens is 380 g/mol. The largest absolute Gasteiger partial charge is 0.360 e. The number of nitrogens with zero attached hydrogens (tertiary/aromatic N) is 3. The molecule has 2 fully saturated rings. The van der Waals surface area contributed by atoms with Gasteiger partial charge in [0.05, 0.1) is 12.2 Å². The van der Waals surface area contributed by atoms with Gasteiger partial charge in [-0.1, -0.05) is 31.4 Å². The molecule has 1 saturated heterocycles. The number of rotatable bonds is 7. The predicted octanol–water partition coefficient (Wildman–Crippen LogP) is 3.06. The number of hydrogen-bond donors (Lipinski definition) is 1. The van der Waals surface area contributed by atoms with Crippen LogP contribution in [0.1, 0.15) is 38.5 Å². The fourth-order valence-electron chi connectivity index (χ4n) is 4.95. The second-order valence-electron chi connectivity index (χ2n) is 8.61. The van der Waals surface area contributed by atoms with Crippen LogP contribution in [0, 0.1) is 0 Å². The summed E-state index contributed by atoms with van der Waals surface area (Å²) in [6, 6.07) is 9.26. The highest BCUT2D eigenvalue weighted by Gasteiger charge is 2.25. The Morgan fingerprint density at radius 2 is 1.83 bits per heavy atom. The lowest BCUT2D eigenvalue weighted by molar-refractivity contribution is -0.119. The van der Waals surface area contributed by atoms with E-state index >= 15 is 0 Å². The Morgan fingerprint density at radius 3 is 2.66 bits per heavy atom. The molecule has 0 aromatic heterocycles. The Labute approximate surface area is 180 Å². The van der Waals surface area contributed by atoms with Gasteiger partial charge in [-0.3, -0.25) is 9.69 Å². The molecule has 0 atom stereocenters. The molecule has 0 radical (unpaired) electrons. The van der Waals surface area contributed by atoms with Gasteiger partial charge >= 0.3 is 0 Å². The van der Waals surface area contributed by atoms with Crippen molar-refractivity contribution in [3.8, 4) is 0 Å². The molecule has 5 nitrogen and oxygen atoms in total. The molecule has 3 aliphatic rings. The molecule has 1 aliphatic carbocycles. The summed E-state index contributed by atoms with van der Waals surface area (Å²) in [7, 11) is 0. The number of thioether (sulfide) groups is 1. The van der Waals surface area contributed by atoms with Crippen LogP contribution in [0.2, 0.25) is 0 Å². The second kappa shape index (κ2) is 10.7. The van der Waals surface area contributed by atoms with Crippen molar-refractivity contribution in [1.82, 2.24) is 15.1 Å². The molecule has 4 rings (SSSR count). The topological polar surface area (TPSA) is 38.8 Å². The van der Waals surface area contributed by atoms with Gasteiger partial charge in [0.15, 0.2) is 0 Å². The molecule has 1 N–H and O–H groups in total. The molecule has 2 heterocycles. The van der Waals surface area contributed by atoms with Crippen molar-refractivity contribution in [3.05, 3.63) is 24.3 Å². The van der Waals surface area contributed by atoms with E-state index in [0.29, 0.717) is 6.54 Å². The maximum Gasteiger partial charge on any atom is 0.239 e. The fourth-order valence-corrected chi connectivity index (χ4v) is 6.00. The van der Waals surface area contributed by atoms with Crippen molar-refractivity contribution < 1.29 is 4.79 Å². The molecule has 0 unspecified atom stereocenters. The van der Waals surface area contributed by atoms with Gasteiger partial charge in [-0.25, -0.2) is 0 Å². The Hall–Kier alpha value is -1.24. The fraction of sp³-hybridized carbons (Fsp3) is 0.696. The molecule has 1 saturated carbocycles. The number of anilines is 1. The number of piperazine rings is 1. The van der Waals surface area contributed by atoms with Crippen LogP contribution in [-0.4, -0.2) is 79.9 Å². The molecule has 0 bridgehead atoms. The van der Waals surface area contributed by atoms with E-state index in [4.69, 9.17) is 0 Å². The van der Waals surface area contributed by atoms with Gasteiger partial charge in [-0.05, 0) is 37.9 Å². The second-order valence-corrected chi connectivity index (χ2v) is 9.75. The lowest BCUT2D eigenvalue weighted by Gasteiger charge is -2.40. The van der Waals surface area contributed by atoms with Gasteiger partial charge in [0, 0.05) is 56.0 Å². The summed E-state index contributed by atoms with van der Waals surface area (Å²) >= 11 is 1.88. The zero-order valence-corrected chi connectivity index (χ0v) is 18.5. The van der Waals surface area contributed by atoms with Gasteiger partial charge in [0.25, 0.3) is 0 Å². The molecule has 29 heavy (non-hydrogen) atoms. The van der Waals surface area contributed by atoms with Crippen LogP contribution in [0.4, 0.5) is 5.69 Å². The first kappa shape index (κ1) is 21.0. The van der Waals surface area contributed by atoms with Gasteiger partial charge in [0.1, 0.15) is 0 Å². The standard InChI is InChI=1S/C23H36N4OS/c28-23(19-27-17-18-29-22-10-5-4-9-21(22)27)24-11-6-12-25-13-15-26(16-14-25)20-7-2-1-3-8-20/h4-5,9-10,20H,1-3,6-8,11-19H2,(H,24,28). The zero-order chi connectivity index (χ0) is 19.9. The maximum absolute atomic E-state index is 12.4. The molecule has 0 spiro atoms. The lowest BCUT2D eigenvalue weighted by Crippen LogP contribution is -2.51. The summed E-state index contributed by atoms with van der Waals surface area (Å²) in [5, 5.41) is 3.14. The van der Waals surface area contributed by atoms with Gasteiger partial charge in [0.2, 0.25) is 5.91 Å². The van der Waals surface area contributed by atoms with Crippen molar-refractivity contribution in [2.45, 2.75) is 49.5 Å². The van der Waals surface area contributed by atoms with E-state index < -0.39 is 0 Å². The molecule has 1 aromatic carbocycles. The van der Waals surface area contributed by atoms with Gasteiger partial charge in [-0.2, -0.15) is 0 Å². The third kappa shape index (κ3) is 5.89. The summed E-state index contributed by atoms with van der Waals surface area (Å²) < 4.78 is 0. The van der Waals surface area contributed by atoms with Gasteiger partial charge in [-0.15, -0.1) is 11.8 Å². The highest BCUT2D eigenvalue weighted by molar-refractivity contribution is 7.99. The minimum absolute atomic E-state index is 0.147. The first-order valence-corrected chi connectivity index (χ1v) is 12.5. The number of carbonyl (C=O) groups excluding carboxylic acids is 1. The number of benzene rings is 1. The van der Waals surface area contributed by atoms with Crippen molar-refractivity contribution in [2.75, 3.05) is 63.0 Å². The smallest absolute Gasteiger partial charge is 0.239 e. The van der Waals surface area contributed by atoms with E-state index in [1.165, 1.54) is 68.9 Å². The Bertz CT molecular complexity index is 656. The van der Waals surface area contributed by atoms with Crippen molar-refractivity contribution in [3.63, 3.8) is 0 Å². The van der Waals surface area contributed by atoms with Crippen LogP contribution in [0.5, 0.6) is 0 Å². The van der Waals surface area contributed by atoms with Crippen LogP contribution >= 0.6 is 11.8 Å². The quantitative estimate of drug-likeness (QED) is 0.692. The SMILES string of the molecule is O=C(CN1CCSc2ccccc21)NCCCN1CCN(C2CCCCC2)CC1. The Kier molecular flexibility index (Phi) is 7.74. The summed E-state index contributed by atoms with van der Waals surface area (Å²) in [5.74, 6) is 1.20. The molecule has 6 heteroatoms. The molecule has 2 aliphatic heterocycles. The third-order valence-corrected chi connectivity index (χ3v) is 7.67. The first-order chi connectivity index (χ1) is 14.3.